The third-order valence-corrected chi connectivity index (χ3v) is 3.17. The number of likely N-dealkylation sites (tertiary alicyclic amines) is 1. The fourth-order valence-corrected chi connectivity index (χ4v) is 2.56. The summed E-state index contributed by atoms with van der Waals surface area (Å²) in [5, 5.41) is 9.34. The Kier molecular flexibility index (Phi) is 2.37. The van der Waals surface area contributed by atoms with Crippen LogP contribution in [0.25, 0.3) is 0 Å². The van der Waals surface area contributed by atoms with Gasteiger partial charge in [-0.1, -0.05) is 6.92 Å². The first kappa shape index (κ1) is 8.52. The summed E-state index contributed by atoms with van der Waals surface area (Å²) >= 11 is 0. The zero-order valence-corrected chi connectivity index (χ0v) is 7.87. The Morgan fingerprint density at radius 2 is 2.08 bits per heavy atom. The van der Waals surface area contributed by atoms with Crippen LogP contribution in [0, 0.1) is 11.8 Å². The van der Waals surface area contributed by atoms with Gasteiger partial charge < -0.3 is 10.0 Å². The topological polar surface area (TPSA) is 23.5 Å². The molecule has 0 bridgehead atoms. The molecule has 1 saturated carbocycles. The highest BCUT2D eigenvalue weighted by molar-refractivity contribution is 4.82. The number of hydrogen-bond donors (Lipinski definition) is 1. The summed E-state index contributed by atoms with van der Waals surface area (Å²) < 4.78 is 0. The van der Waals surface area contributed by atoms with Crippen LogP contribution in [0.3, 0.4) is 0 Å². The molecule has 1 heterocycles. The van der Waals surface area contributed by atoms with E-state index in [1.165, 1.54) is 26.1 Å². The molecule has 2 nitrogen and oxygen atoms in total. The number of hydrogen-bond acceptors (Lipinski definition) is 2. The summed E-state index contributed by atoms with van der Waals surface area (Å²) in [5.41, 5.74) is 0. The highest BCUT2D eigenvalue weighted by Crippen LogP contribution is 2.28. The molecule has 0 aromatic carbocycles. The molecule has 0 amide bonds. The second-order valence-electron chi connectivity index (χ2n) is 4.66. The van der Waals surface area contributed by atoms with Crippen molar-refractivity contribution in [3.05, 3.63) is 0 Å². The zero-order chi connectivity index (χ0) is 8.55. The zero-order valence-electron chi connectivity index (χ0n) is 7.87. The van der Waals surface area contributed by atoms with Crippen LogP contribution in [-0.2, 0) is 0 Å². The summed E-state index contributed by atoms with van der Waals surface area (Å²) in [6.45, 7) is 6.11. The number of aliphatic hydroxyl groups is 1. The Labute approximate surface area is 74.6 Å². The van der Waals surface area contributed by atoms with Crippen LogP contribution in [0.15, 0.2) is 0 Å². The molecular formula is C10H19NO. The summed E-state index contributed by atoms with van der Waals surface area (Å²) in [5.74, 6) is 1.70. The van der Waals surface area contributed by atoms with E-state index in [-0.39, 0.29) is 6.10 Å². The molecule has 1 aliphatic heterocycles. The molecule has 1 saturated heterocycles. The van der Waals surface area contributed by atoms with Gasteiger partial charge >= 0.3 is 0 Å². The second-order valence-corrected chi connectivity index (χ2v) is 4.66. The largest absolute Gasteiger partial charge is 0.393 e. The van der Waals surface area contributed by atoms with Crippen LogP contribution >= 0.6 is 0 Å². The smallest absolute Gasteiger partial charge is 0.0543 e. The Morgan fingerprint density at radius 3 is 2.58 bits per heavy atom. The van der Waals surface area contributed by atoms with Crippen LogP contribution in [0.2, 0.25) is 0 Å². The number of rotatable bonds is 2. The average molecular weight is 169 g/mol. The van der Waals surface area contributed by atoms with E-state index in [1.54, 1.807) is 0 Å². The standard InChI is InChI=1S/C10H19NO/c1-8-5-11(6-8)7-9-2-3-10(12)4-9/h8-10,12H,2-7H2,1H3. The van der Waals surface area contributed by atoms with Crippen molar-refractivity contribution in [3.8, 4) is 0 Å². The highest BCUT2D eigenvalue weighted by atomic mass is 16.3. The van der Waals surface area contributed by atoms with Crippen molar-refractivity contribution in [2.24, 2.45) is 11.8 Å². The molecule has 0 spiro atoms. The monoisotopic (exact) mass is 169 g/mol. The Balaban J connectivity index is 1.67. The minimum atomic E-state index is 0.00806. The molecule has 0 aromatic heterocycles. The lowest BCUT2D eigenvalue weighted by molar-refractivity contribution is 0.0887. The molecule has 2 aliphatic rings. The second kappa shape index (κ2) is 3.35. The molecule has 2 rings (SSSR count). The van der Waals surface area contributed by atoms with Crippen LogP contribution in [0.1, 0.15) is 26.2 Å². The SMILES string of the molecule is CC1CN(CC2CCC(O)C2)C1. The molecule has 1 N–H and O–H groups in total. The van der Waals surface area contributed by atoms with Crippen molar-refractivity contribution in [3.63, 3.8) is 0 Å². The lowest BCUT2D eigenvalue weighted by atomic mass is 9.99. The predicted octanol–water partition coefficient (Wildman–Crippen LogP) is 1.10. The summed E-state index contributed by atoms with van der Waals surface area (Å²) in [6.07, 6.45) is 3.33. The number of nitrogens with zero attached hydrogens (tertiary/aromatic N) is 1. The summed E-state index contributed by atoms with van der Waals surface area (Å²) in [7, 11) is 0. The van der Waals surface area contributed by atoms with E-state index < -0.39 is 0 Å². The maximum Gasteiger partial charge on any atom is 0.0543 e. The van der Waals surface area contributed by atoms with Crippen LogP contribution in [0.4, 0.5) is 0 Å². The Hall–Kier alpha value is -0.0800. The van der Waals surface area contributed by atoms with E-state index in [1.807, 2.05) is 0 Å². The quantitative estimate of drug-likeness (QED) is 0.669. The van der Waals surface area contributed by atoms with Gasteiger partial charge in [0, 0.05) is 19.6 Å². The molecule has 2 unspecified atom stereocenters. The average Bonchev–Trinajstić information content (AvgIpc) is 2.33. The van der Waals surface area contributed by atoms with Crippen molar-refractivity contribution >= 4 is 0 Å². The van der Waals surface area contributed by atoms with Gasteiger partial charge in [-0.3, -0.25) is 0 Å². The van der Waals surface area contributed by atoms with Gasteiger partial charge in [0.05, 0.1) is 6.10 Å². The molecule has 1 aliphatic carbocycles. The maximum absolute atomic E-state index is 9.34. The fourth-order valence-electron chi connectivity index (χ4n) is 2.56. The molecule has 2 heteroatoms. The van der Waals surface area contributed by atoms with E-state index in [9.17, 15) is 5.11 Å². The molecule has 2 fully saturated rings. The molecule has 12 heavy (non-hydrogen) atoms. The normalized spacial score (nSPS) is 38.5. The van der Waals surface area contributed by atoms with E-state index >= 15 is 0 Å². The Bertz CT molecular complexity index is 154. The minimum absolute atomic E-state index is 0.00806. The van der Waals surface area contributed by atoms with Gasteiger partial charge in [-0.2, -0.15) is 0 Å². The molecule has 0 aromatic rings. The van der Waals surface area contributed by atoms with Gasteiger partial charge in [0.2, 0.25) is 0 Å². The van der Waals surface area contributed by atoms with Crippen molar-refractivity contribution < 1.29 is 5.11 Å². The van der Waals surface area contributed by atoms with Crippen molar-refractivity contribution in [2.75, 3.05) is 19.6 Å². The first-order valence-electron chi connectivity index (χ1n) is 5.14. The van der Waals surface area contributed by atoms with Gasteiger partial charge in [-0.25, -0.2) is 0 Å². The van der Waals surface area contributed by atoms with Crippen LogP contribution in [0.5, 0.6) is 0 Å². The van der Waals surface area contributed by atoms with Crippen molar-refractivity contribution in [2.45, 2.75) is 32.3 Å². The van der Waals surface area contributed by atoms with Gasteiger partial charge in [0.25, 0.3) is 0 Å². The van der Waals surface area contributed by atoms with Gasteiger partial charge in [0.15, 0.2) is 0 Å². The van der Waals surface area contributed by atoms with Crippen LogP contribution < -0.4 is 0 Å². The van der Waals surface area contributed by atoms with E-state index in [2.05, 4.69) is 11.8 Å². The predicted molar refractivity (Wildman–Crippen MR) is 49.0 cm³/mol. The van der Waals surface area contributed by atoms with E-state index in [0.29, 0.717) is 0 Å². The van der Waals surface area contributed by atoms with E-state index in [4.69, 9.17) is 0 Å². The third kappa shape index (κ3) is 1.80. The first-order chi connectivity index (χ1) is 5.74. The summed E-state index contributed by atoms with van der Waals surface area (Å²) in [4.78, 5) is 2.52. The lowest BCUT2D eigenvalue weighted by Crippen LogP contribution is -2.46. The van der Waals surface area contributed by atoms with Crippen LogP contribution in [-0.4, -0.2) is 35.7 Å². The molecule has 0 radical (unpaired) electrons. The molecule has 2 atom stereocenters. The van der Waals surface area contributed by atoms with Gasteiger partial charge in [-0.05, 0) is 31.1 Å². The maximum atomic E-state index is 9.34. The van der Waals surface area contributed by atoms with Crippen molar-refractivity contribution in [1.29, 1.82) is 0 Å². The van der Waals surface area contributed by atoms with E-state index in [0.717, 1.165) is 24.7 Å². The van der Waals surface area contributed by atoms with Gasteiger partial charge in [-0.15, -0.1) is 0 Å². The lowest BCUT2D eigenvalue weighted by Gasteiger charge is -2.38. The third-order valence-electron chi connectivity index (χ3n) is 3.17. The minimum Gasteiger partial charge on any atom is -0.393 e. The van der Waals surface area contributed by atoms with Gasteiger partial charge in [0.1, 0.15) is 0 Å². The Morgan fingerprint density at radius 1 is 1.33 bits per heavy atom. The van der Waals surface area contributed by atoms with Crippen molar-refractivity contribution in [1.82, 2.24) is 4.90 Å². The number of aliphatic hydroxyl groups excluding tert-OH is 1. The molecule has 70 valence electrons. The fraction of sp³-hybridized carbons (Fsp3) is 1.00. The first-order valence-corrected chi connectivity index (χ1v) is 5.14. The highest BCUT2D eigenvalue weighted by Gasteiger charge is 2.29. The summed E-state index contributed by atoms with van der Waals surface area (Å²) in [6, 6.07) is 0. The molecular weight excluding hydrogens is 150 g/mol.